The summed E-state index contributed by atoms with van der Waals surface area (Å²) in [6, 6.07) is 11.2. The molecule has 3 aromatic rings. The number of carboxylic acid groups (broad SMARTS) is 2. The Labute approximate surface area is 123 Å². The molecule has 0 amide bonds. The molecule has 4 rings (SSSR count). The molecule has 6 nitrogen and oxygen atoms in total. The van der Waals surface area contributed by atoms with Crippen molar-refractivity contribution in [3.05, 3.63) is 47.8 Å². The van der Waals surface area contributed by atoms with Gasteiger partial charge in [0, 0.05) is 16.5 Å². The first-order valence-corrected chi connectivity index (χ1v) is 6.49. The van der Waals surface area contributed by atoms with E-state index in [0.717, 1.165) is 21.9 Å². The number of hydrogen-bond donors (Lipinski definition) is 2. The SMILES string of the molecule is O=C(O)c1nc2c(nc1C(=O)O)-c1cccc3cccc-2c13. The lowest BCUT2D eigenvalue weighted by Crippen LogP contribution is -2.14. The molecule has 1 aliphatic carbocycles. The lowest BCUT2D eigenvalue weighted by atomic mass is 10.0. The van der Waals surface area contributed by atoms with Crippen molar-refractivity contribution in [2.75, 3.05) is 0 Å². The van der Waals surface area contributed by atoms with Crippen LogP contribution in [0.25, 0.3) is 33.3 Å². The first-order valence-electron chi connectivity index (χ1n) is 6.49. The summed E-state index contributed by atoms with van der Waals surface area (Å²) in [6.45, 7) is 0. The molecule has 0 fully saturated rings. The molecule has 0 radical (unpaired) electrons. The zero-order valence-electron chi connectivity index (χ0n) is 11.1. The molecule has 1 aliphatic rings. The number of carboxylic acids is 2. The highest BCUT2D eigenvalue weighted by atomic mass is 16.4. The van der Waals surface area contributed by atoms with Gasteiger partial charge in [0.05, 0.1) is 11.4 Å². The highest BCUT2D eigenvalue weighted by Gasteiger charge is 2.29. The normalized spacial score (nSPS) is 11.5. The minimum Gasteiger partial charge on any atom is -0.476 e. The number of benzene rings is 2. The Kier molecular flexibility index (Phi) is 2.33. The maximum Gasteiger partial charge on any atom is 0.357 e. The van der Waals surface area contributed by atoms with E-state index in [1.807, 2.05) is 36.4 Å². The van der Waals surface area contributed by atoms with Crippen LogP contribution in [0.1, 0.15) is 21.0 Å². The second-order valence-electron chi connectivity index (χ2n) is 4.94. The molecule has 106 valence electrons. The number of fused-ring (bicyclic) bond motifs is 3. The van der Waals surface area contributed by atoms with Gasteiger partial charge in [-0.1, -0.05) is 36.4 Å². The van der Waals surface area contributed by atoms with Gasteiger partial charge in [-0.3, -0.25) is 0 Å². The fourth-order valence-corrected chi connectivity index (χ4v) is 2.84. The third-order valence-electron chi connectivity index (χ3n) is 3.72. The van der Waals surface area contributed by atoms with Crippen LogP contribution < -0.4 is 0 Å². The topological polar surface area (TPSA) is 100 Å². The average Bonchev–Trinajstić information content (AvgIpc) is 2.82. The summed E-state index contributed by atoms with van der Waals surface area (Å²) >= 11 is 0. The minimum absolute atomic E-state index is 0.411. The van der Waals surface area contributed by atoms with Gasteiger partial charge in [0.25, 0.3) is 0 Å². The quantitative estimate of drug-likeness (QED) is 0.589. The van der Waals surface area contributed by atoms with Gasteiger partial charge in [0.15, 0.2) is 11.4 Å². The maximum atomic E-state index is 11.3. The fraction of sp³-hybridized carbons (Fsp3) is 0. The molecule has 1 aromatic heterocycles. The number of aromatic carboxylic acids is 2. The third-order valence-corrected chi connectivity index (χ3v) is 3.72. The van der Waals surface area contributed by atoms with Crippen molar-refractivity contribution in [1.29, 1.82) is 0 Å². The van der Waals surface area contributed by atoms with E-state index in [0.29, 0.717) is 11.4 Å². The Hall–Kier alpha value is -3.28. The highest BCUT2D eigenvalue weighted by molar-refractivity contribution is 6.14. The molecule has 0 bridgehead atoms. The van der Waals surface area contributed by atoms with E-state index in [4.69, 9.17) is 0 Å². The fourth-order valence-electron chi connectivity index (χ4n) is 2.84. The van der Waals surface area contributed by atoms with E-state index >= 15 is 0 Å². The van der Waals surface area contributed by atoms with Crippen LogP contribution in [0.4, 0.5) is 0 Å². The van der Waals surface area contributed by atoms with Crippen molar-refractivity contribution in [3.63, 3.8) is 0 Å². The van der Waals surface area contributed by atoms with Gasteiger partial charge < -0.3 is 10.2 Å². The number of aromatic nitrogens is 2. The Balaban J connectivity index is 2.15. The summed E-state index contributed by atoms with van der Waals surface area (Å²) in [4.78, 5) is 30.7. The van der Waals surface area contributed by atoms with E-state index in [9.17, 15) is 19.8 Å². The van der Waals surface area contributed by atoms with Gasteiger partial charge in [-0.05, 0) is 5.39 Å². The zero-order chi connectivity index (χ0) is 15.4. The van der Waals surface area contributed by atoms with Crippen molar-refractivity contribution < 1.29 is 19.8 Å². The number of rotatable bonds is 2. The lowest BCUT2D eigenvalue weighted by Gasteiger charge is -2.05. The molecule has 2 N–H and O–H groups in total. The number of hydrogen-bond acceptors (Lipinski definition) is 4. The lowest BCUT2D eigenvalue weighted by molar-refractivity contribution is 0.0641. The second-order valence-corrected chi connectivity index (χ2v) is 4.94. The molecule has 0 spiro atoms. The van der Waals surface area contributed by atoms with Crippen molar-refractivity contribution >= 4 is 22.7 Å². The van der Waals surface area contributed by atoms with E-state index in [1.54, 1.807) is 0 Å². The molecule has 22 heavy (non-hydrogen) atoms. The van der Waals surface area contributed by atoms with Crippen LogP contribution in [0.5, 0.6) is 0 Å². The van der Waals surface area contributed by atoms with E-state index in [-0.39, 0.29) is 0 Å². The third kappa shape index (κ3) is 1.49. The Morgan fingerprint density at radius 3 is 1.64 bits per heavy atom. The van der Waals surface area contributed by atoms with E-state index in [2.05, 4.69) is 9.97 Å². The summed E-state index contributed by atoms with van der Waals surface area (Å²) in [5, 5.41) is 20.3. The average molecular weight is 292 g/mol. The van der Waals surface area contributed by atoms with Crippen LogP contribution in [0.15, 0.2) is 36.4 Å². The molecule has 0 atom stereocenters. The predicted octanol–water partition coefficient (Wildman–Crippen LogP) is 2.67. The van der Waals surface area contributed by atoms with E-state index in [1.165, 1.54) is 0 Å². The monoisotopic (exact) mass is 292 g/mol. The summed E-state index contributed by atoms with van der Waals surface area (Å²) in [5.74, 6) is -2.81. The minimum atomic E-state index is -1.41. The van der Waals surface area contributed by atoms with Gasteiger partial charge in [0.2, 0.25) is 0 Å². The maximum absolute atomic E-state index is 11.3. The molecule has 0 saturated heterocycles. The van der Waals surface area contributed by atoms with Crippen molar-refractivity contribution in [3.8, 4) is 22.5 Å². The summed E-state index contributed by atoms with van der Waals surface area (Å²) in [5.41, 5.74) is 1.28. The van der Waals surface area contributed by atoms with Gasteiger partial charge in [-0.15, -0.1) is 0 Å². The molecule has 1 heterocycles. The Morgan fingerprint density at radius 1 is 0.773 bits per heavy atom. The summed E-state index contributed by atoms with van der Waals surface area (Å²) in [7, 11) is 0. The highest BCUT2D eigenvalue weighted by Crippen LogP contribution is 2.45. The standard InChI is InChI=1S/C16H8N2O4/c19-15(20)13-14(16(21)22)18-12-9-6-2-4-7-3-1-5-8(10(7)9)11(12)17-13/h1-6H,(H,19,20)(H,21,22). The van der Waals surface area contributed by atoms with Crippen molar-refractivity contribution in [2.45, 2.75) is 0 Å². The first kappa shape index (κ1) is 12.5. The van der Waals surface area contributed by atoms with E-state index < -0.39 is 23.3 Å². The van der Waals surface area contributed by atoms with Crippen LogP contribution in [0.3, 0.4) is 0 Å². The smallest absolute Gasteiger partial charge is 0.357 e. The summed E-state index contributed by atoms with van der Waals surface area (Å²) < 4.78 is 0. The van der Waals surface area contributed by atoms with Gasteiger partial charge >= 0.3 is 11.9 Å². The first-order chi connectivity index (χ1) is 10.6. The van der Waals surface area contributed by atoms with Crippen LogP contribution >= 0.6 is 0 Å². The number of nitrogens with zero attached hydrogens (tertiary/aromatic N) is 2. The van der Waals surface area contributed by atoms with Gasteiger partial charge in [-0.2, -0.15) is 0 Å². The Morgan fingerprint density at radius 2 is 1.23 bits per heavy atom. The van der Waals surface area contributed by atoms with Crippen molar-refractivity contribution in [1.82, 2.24) is 9.97 Å². The number of carbonyl (C=O) groups is 2. The van der Waals surface area contributed by atoms with Crippen LogP contribution in [0, 0.1) is 0 Å². The van der Waals surface area contributed by atoms with Crippen LogP contribution in [-0.4, -0.2) is 32.1 Å². The van der Waals surface area contributed by atoms with Crippen molar-refractivity contribution in [2.24, 2.45) is 0 Å². The molecule has 0 aliphatic heterocycles. The summed E-state index contributed by atoms with van der Waals surface area (Å²) in [6.07, 6.45) is 0. The molecular formula is C16H8N2O4. The Bertz CT molecular complexity index is 919. The van der Waals surface area contributed by atoms with Crippen LogP contribution in [-0.2, 0) is 0 Å². The predicted molar refractivity (Wildman–Crippen MR) is 77.9 cm³/mol. The second kappa shape index (κ2) is 4.11. The largest absolute Gasteiger partial charge is 0.476 e. The zero-order valence-corrected chi connectivity index (χ0v) is 11.1. The van der Waals surface area contributed by atoms with Gasteiger partial charge in [0.1, 0.15) is 0 Å². The molecule has 6 heteroatoms. The molecule has 0 saturated carbocycles. The van der Waals surface area contributed by atoms with Crippen LogP contribution in [0.2, 0.25) is 0 Å². The molecular weight excluding hydrogens is 284 g/mol. The molecule has 2 aromatic carbocycles. The molecule has 0 unspecified atom stereocenters. The van der Waals surface area contributed by atoms with Gasteiger partial charge in [-0.25, -0.2) is 19.6 Å².